The van der Waals surface area contributed by atoms with E-state index in [0.717, 1.165) is 84.8 Å². The largest absolute Gasteiger partial charge is 0.381 e. The van der Waals surface area contributed by atoms with E-state index in [1.807, 2.05) is 79.7 Å². The molecule has 4 amide bonds. The minimum absolute atomic E-state index is 0.212. The van der Waals surface area contributed by atoms with Crippen LogP contribution in [0.2, 0.25) is 0 Å². The van der Waals surface area contributed by atoms with Crippen molar-refractivity contribution in [2.75, 3.05) is 50.2 Å². The second-order valence-electron chi connectivity index (χ2n) is 15.2. The van der Waals surface area contributed by atoms with E-state index in [-0.39, 0.29) is 35.0 Å². The van der Waals surface area contributed by atoms with Crippen LogP contribution in [0, 0.1) is 18.8 Å². The molecule has 0 aliphatic carbocycles. The first-order chi connectivity index (χ1) is 29.8. The molecule has 13 heteroatoms. The van der Waals surface area contributed by atoms with Gasteiger partial charge < -0.3 is 30.7 Å². The van der Waals surface area contributed by atoms with Crippen LogP contribution in [0.25, 0.3) is 21.5 Å². The van der Waals surface area contributed by atoms with Gasteiger partial charge in [0.2, 0.25) is 0 Å². The molecule has 12 nitrogen and oxygen atoms in total. The number of nitrogens with one attached hydrogen (secondary N) is 4. The van der Waals surface area contributed by atoms with E-state index in [1.54, 1.807) is 36.7 Å². The van der Waals surface area contributed by atoms with E-state index in [1.165, 1.54) is 0 Å². The van der Waals surface area contributed by atoms with Crippen molar-refractivity contribution in [3.8, 4) is 0 Å². The minimum atomic E-state index is -0.290. The van der Waals surface area contributed by atoms with Crippen molar-refractivity contribution in [2.45, 2.75) is 37.9 Å². The van der Waals surface area contributed by atoms with Gasteiger partial charge in [0, 0.05) is 68.4 Å². The van der Waals surface area contributed by atoms with E-state index < -0.39 is 0 Å². The maximum Gasteiger partial charge on any atom is 0.272 e. The number of aromatic nitrogens is 2. The first-order valence-corrected chi connectivity index (χ1v) is 21.7. The molecule has 2 saturated heterocycles. The number of anilines is 2. The summed E-state index contributed by atoms with van der Waals surface area (Å²) in [5.74, 6) is -0.309. The topological polar surface area (TPSA) is 161 Å². The third-order valence-electron chi connectivity index (χ3n) is 11.1. The van der Waals surface area contributed by atoms with Gasteiger partial charge in [-0.05, 0) is 114 Å². The van der Waals surface area contributed by atoms with E-state index in [0.29, 0.717) is 52.8 Å². The Balaban J connectivity index is 0.000000184. The third-order valence-corrected chi connectivity index (χ3v) is 11.7. The summed E-state index contributed by atoms with van der Waals surface area (Å²) in [6, 6.07) is 29.9. The molecule has 0 radical (unpaired) electrons. The van der Waals surface area contributed by atoms with Crippen molar-refractivity contribution in [2.24, 2.45) is 11.8 Å². The van der Waals surface area contributed by atoms with Crippen molar-refractivity contribution in [3.63, 3.8) is 0 Å². The van der Waals surface area contributed by atoms with Gasteiger partial charge in [0.15, 0.2) is 11.4 Å². The maximum absolute atomic E-state index is 13.1. The van der Waals surface area contributed by atoms with Crippen LogP contribution in [0.15, 0.2) is 109 Å². The van der Waals surface area contributed by atoms with E-state index >= 15 is 0 Å². The quantitative estimate of drug-likeness (QED) is 0.0943. The predicted octanol–water partition coefficient (Wildman–Crippen LogP) is 8.49. The molecule has 0 unspecified atom stereocenters. The Bertz CT molecular complexity index is 2520. The summed E-state index contributed by atoms with van der Waals surface area (Å²) in [5.41, 5.74) is 4.56. The van der Waals surface area contributed by atoms with Gasteiger partial charge >= 0.3 is 0 Å². The van der Waals surface area contributed by atoms with Crippen LogP contribution in [0.5, 0.6) is 0 Å². The summed E-state index contributed by atoms with van der Waals surface area (Å²) in [7, 11) is 0. The average Bonchev–Trinajstić information content (AvgIpc) is 3.31. The normalized spacial score (nSPS) is 14.4. The SMILES string of the molecule is Cc1ccc(C(=O)Nc2cccnc2C(=O)NCC2CCOCC2)c2ccccc12.O=C(NCC1CCOCC1)c1ncccc1NC(=O)c1ccc(CBr)c2ccccc12. The Morgan fingerprint density at radius 1 is 0.557 bits per heavy atom. The zero-order valence-corrected chi connectivity index (χ0v) is 35.6. The van der Waals surface area contributed by atoms with Crippen LogP contribution < -0.4 is 21.3 Å². The van der Waals surface area contributed by atoms with Crippen molar-refractivity contribution in [1.29, 1.82) is 0 Å². The first kappa shape index (κ1) is 43.1. The third kappa shape index (κ3) is 10.8. The number of pyridine rings is 2. The Morgan fingerprint density at radius 3 is 1.49 bits per heavy atom. The smallest absolute Gasteiger partial charge is 0.272 e. The fraction of sp³-hybridized carbons (Fsp3) is 0.292. The lowest BCUT2D eigenvalue weighted by Crippen LogP contribution is -2.33. The van der Waals surface area contributed by atoms with Crippen LogP contribution in [-0.2, 0) is 14.8 Å². The second-order valence-corrected chi connectivity index (χ2v) is 15.7. The zero-order chi connectivity index (χ0) is 42.6. The highest BCUT2D eigenvalue weighted by atomic mass is 79.9. The summed E-state index contributed by atoms with van der Waals surface area (Å²) < 4.78 is 10.7. The molecule has 8 rings (SSSR count). The van der Waals surface area contributed by atoms with Crippen molar-refractivity contribution in [1.82, 2.24) is 20.6 Å². The molecule has 61 heavy (non-hydrogen) atoms. The number of aryl methyl sites for hydroxylation is 1. The lowest BCUT2D eigenvalue weighted by molar-refractivity contribution is 0.0642. The highest BCUT2D eigenvalue weighted by molar-refractivity contribution is 9.08. The van der Waals surface area contributed by atoms with Crippen molar-refractivity contribution in [3.05, 3.63) is 143 Å². The number of carbonyl (C=O) groups excluding carboxylic acids is 4. The van der Waals surface area contributed by atoms with Gasteiger partial charge in [-0.1, -0.05) is 76.6 Å². The number of ether oxygens (including phenoxy) is 2. The highest BCUT2D eigenvalue weighted by Crippen LogP contribution is 2.27. The summed E-state index contributed by atoms with van der Waals surface area (Å²) in [4.78, 5) is 60.1. The van der Waals surface area contributed by atoms with E-state index in [9.17, 15) is 19.2 Å². The number of halogens is 1. The molecule has 314 valence electrons. The number of benzene rings is 4. The van der Waals surface area contributed by atoms with Gasteiger partial charge in [-0.25, -0.2) is 9.97 Å². The van der Waals surface area contributed by atoms with Crippen LogP contribution in [-0.4, -0.2) is 73.1 Å². The molecular weight excluding hydrogens is 836 g/mol. The average molecular weight is 886 g/mol. The van der Waals surface area contributed by atoms with Crippen LogP contribution >= 0.6 is 15.9 Å². The monoisotopic (exact) mass is 884 g/mol. The molecule has 2 fully saturated rings. The number of hydrogen-bond acceptors (Lipinski definition) is 8. The highest BCUT2D eigenvalue weighted by Gasteiger charge is 2.22. The molecule has 6 aromatic rings. The molecule has 0 bridgehead atoms. The first-order valence-electron chi connectivity index (χ1n) is 20.6. The number of hydrogen-bond donors (Lipinski definition) is 4. The summed E-state index contributed by atoms with van der Waals surface area (Å²) in [6.07, 6.45) is 6.85. The van der Waals surface area contributed by atoms with Crippen LogP contribution in [0.1, 0.15) is 78.5 Å². The standard InChI is InChI=1S/C24H24BrN3O3.C24H25N3O3/c25-14-17-7-8-20(19-5-2-1-4-18(17)19)23(29)28-21-6-3-11-26-22(21)24(30)27-15-16-9-12-31-13-10-16;1-16-8-9-20(19-6-3-2-5-18(16)19)23(28)27-21-7-4-12-25-22(21)24(29)26-15-17-10-13-30-14-11-17/h1-8,11,16H,9-10,12-15H2,(H,27,30)(H,28,29);2-9,12,17H,10-11,13-15H2,1H3,(H,26,29)(H,27,28). The van der Waals surface area contributed by atoms with Crippen molar-refractivity contribution >= 4 is 72.5 Å². The molecule has 2 aliphatic heterocycles. The zero-order valence-electron chi connectivity index (χ0n) is 34.0. The number of rotatable bonds is 11. The molecule has 0 spiro atoms. The van der Waals surface area contributed by atoms with E-state index in [4.69, 9.17) is 9.47 Å². The van der Waals surface area contributed by atoms with Gasteiger partial charge in [-0.2, -0.15) is 0 Å². The summed E-state index contributed by atoms with van der Waals surface area (Å²) in [5, 5.41) is 16.2. The Morgan fingerprint density at radius 2 is 1.00 bits per heavy atom. The predicted molar refractivity (Wildman–Crippen MR) is 241 cm³/mol. The number of carbonyl (C=O) groups is 4. The molecule has 0 saturated carbocycles. The number of amides is 4. The number of alkyl halides is 1. The maximum atomic E-state index is 13.1. The lowest BCUT2D eigenvalue weighted by Gasteiger charge is -2.22. The number of fused-ring (bicyclic) bond motifs is 2. The summed E-state index contributed by atoms with van der Waals surface area (Å²) >= 11 is 3.50. The molecule has 2 aliphatic rings. The second kappa shape index (κ2) is 21.0. The van der Waals surface area contributed by atoms with E-state index in [2.05, 4.69) is 47.2 Å². The fourth-order valence-corrected chi connectivity index (χ4v) is 8.11. The Hall–Kier alpha value is -6.02. The fourth-order valence-electron chi connectivity index (χ4n) is 7.62. The van der Waals surface area contributed by atoms with Crippen LogP contribution in [0.4, 0.5) is 11.4 Å². The minimum Gasteiger partial charge on any atom is -0.381 e. The van der Waals surface area contributed by atoms with Gasteiger partial charge in [-0.15, -0.1) is 0 Å². The molecule has 0 atom stereocenters. The lowest BCUT2D eigenvalue weighted by atomic mass is 9.99. The van der Waals surface area contributed by atoms with Gasteiger partial charge in [0.1, 0.15) is 0 Å². The molecule has 4 aromatic carbocycles. The van der Waals surface area contributed by atoms with Gasteiger partial charge in [0.05, 0.1) is 11.4 Å². The summed E-state index contributed by atoms with van der Waals surface area (Å²) in [6.45, 7) is 6.10. The molecule has 4 N–H and O–H groups in total. The van der Waals surface area contributed by atoms with Crippen molar-refractivity contribution < 1.29 is 28.7 Å². The Labute approximate surface area is 363 Å². The molecule has 2 aromatic heterocycles. The molecule has 4 heterocycles. The van der Waals surface area contributed by atoms with Crippen LogP contribution in [0.3, 0.4) is 0 Å². The number of nitrogens with zero attached hydrogens (tertiary/aromatic N) is 2. The Kier molecular flexibility index (Phi) is 14.8. The molecular formula is C48H49BrN6O6. The van der Waals surface area contributed by atoms with Gasteiger partial charge in [-0.3, -0.25) is 19.2 Å². The van der Waals surface area contributed by atoms with Gasteiger partial charge in [0.25, 0.3) is 23.6 Å².